The Bertz CT molecular complexity index is 567. The van der Waals surface area contributed by atoms with Gasteiger partial charge in [-0.25, -0.2) is 4.39 Å². The highest BCUT2D eigenvalue weighted by Gasteiger charge is 2.31. The van der Waals surface area contributed by atoms with Gasteiger partial charge in [-0.3, -0.25) is 14.9 Å². The molecule has 0 spiro atoms. The summed E-state index contributed by atoms with van der Waals surface area (Å²) in [7, 11) is 1.53. The highest BCUT2D eigenvalue weighted by atomic mass is 32.1. The minimum absolute atomic E-state index is 0.0397. The van der Waals surface area contributed by atoms with Crippen molar-refractivity contribution in [2.75, 3.05) is 7.05 Å². The Kier molecular flexibility index (Phi) is 5.99. The maximum atomic E-state index is 12.8. The molecule has 0 aromatic heterocycles. The van der Waals surface area contributed by atoms with Crippen LogP contribution < -0.4 is 16.0 Å². The van der Waals surface area contributed by atoms with Crippen LogP contribution in [-0.4, -0.2) is 30.0 Å². The molecule has 1 rings (SSSR count). The average Bonchev–Trinajstić information content (AvgIpc) is 2.43. The zero-order valence-corrected chi connectivity index (χ0v) is 13.8. The summed E-state index contributed by atoms with van der Waals surface area (Å²) in [5.41, 5.74) is -0.122. The van der Waals surface area contributed by atoms with Gasteiger partial charge in [0.05, 0.1) is 0 Å². The van der Waals surface area contributed by atoms with E-state index in [1.165, 1.54) is 31.3 Å². The van der Waals surface area contributed by atoms with Crippen molar-refractivity contribution in [3.63, 3.8) is 0 Å². The van der Waals surface area contributed by atoms with E-state index in [1.54, 1.807) is 0 Å². The first-order valence-electron chi connectivity index (χ1n) is 6.74. The number of benzene rings is 1. The quantitative estimate of drug-likeness (QED) is 0.738. The Morgan fingerprint density at radius 3 is 2.18 bits per heavy atom. The second-order valence-electron chi connectivity index (χ2n) is 5.85. The average molecular weight is 325 g/mol. The van der Waals surface area contributed by atoms with E-state index in [4.69, 9.17) is 12.2 Å². The molecule has 0 bridgehead atoms. The molecule has 0 radical (unpaired) electrons. The van der Waals surface area contributed by atoms with Crippen LogP contribution in [-0.2, 0) is 4.79 Å². The zero-order valence-electron chi connectivity index (χ0n) is 13.0. The van der Waals surface area contributed by atoms with Crippen LogP contribution in [0.25, 0.3) is 0 Å². The number of amides is 2. The van der Waals surface area contributed by atoms with Gasteiger partial charge in [0, 0.05) is 12.6 Å². The Hall–Kier alpha value is -2.02. The Balaban J connectivity index is 2.73. The molecule has 120 valence electrons. The molecule has 2 amide bonds. The molecule has 7 heteroatoms. The summed E-state index contributed by atoms with van der Waals surface area (Å²) in [6, 6.07) is 4.49. The molecular formula is C15H20FN3O2S. The summed E-state index contributed by atoms with van der Waals surface area (Å²) in [6.45, 7) is 5.64. The molecular weight excluding hydrogens is 305 g/mol. The molecule has 0 aliphatic rings. The van der Waals surface area contributed by atoms with Crippen molar-refractivity contribution in [2.24, 2.45) is 5.41 Å². The summed E-state index contributed by atoms with van der Waals surface area (Å²) in [5.74, 6) is -1.13. The highest BCUT2D eigenvalue weighted by Crippen LogP contribution is 2.19. The fraction of sp³-hybridized carbons (Fsp3) is 0.400. The zero-order chi connectivity index (χ0) is 16.9. The van der Waals surface area contributed by atoms with Crippen molar-refractivity contribution in [3.05, 3.63) is 35.6 Å². The summed E-state index contributed by atoms with van der Waals surface area (Å²) in [5, 5.41) is 7.90. The monoisotopic (exact) mass is 325 g/mol. The lowest BCUT2D eigenvalue weighted by Gasteiger charge is -2.30. The third-order valence-corrected chi connectivity index (χ3v) is 3.20. The van der Waals surface area contributed by atoms with Gasteiger partial charge in [-0.15, -0.1) is 0 Å². The number of rotatable bonds is 3. The number of nitrogens with one attached hydrogen (secondary N) is 3. The van der Waals surface area contributed by atoms with E-state index < -0.39 is 23.2 Å². The lowest BCUT2D eigenvalue weighted by molar-refractivity contribution is -0.124. The third-order valence-electron chi connectivity index (χ3n) is 2.98. The van der Waals surface area contributed by atoms with Gasteiger partial charge in [-0.2, -0.15) is 0 Å². The predicted octanol–water partition coefficient (Wildman–Crippen LogP) is 1.59. The number of thiocarbonyl (C=S) groups is 1. The van der Waals surface area contributed by atoms with Crippen LogP contribution in [0.5, 0.6) is 0 Å². The van der Waals surface area contributed by atoms with E-state index in [0.717, 1.165) is 0 Å². The molecule has 1 aromatic rings. The van der Waals surface area contributed by atoms with E-state index in [-0.39, 0.29) is 16.6 Å². The summed E-state index contributed by atoms with van der Waals surface area (Å²) < 4.78 is 12.8. The van der Waals surface area contributed by atoms with Crippen LogP contribution in [0, 0.1) is 11.2 Å². The minimum atomic E-state index is -0.599. The van der Waals surface area contributed by atoms with Crippen LogP contribution in [0.4, 0.5) is 4.39 Å². The van der Waals surface area contributed by atoms with Gasteiger partial charge in [0.1, 0.15) is 11.9 Å². The molecule has 1 aromatic carbocycles. The van der Waals surface area contributed by atoms with E-state index in [1.807, 2.05) is 20.8 Å². The van der Waals surface area contributed by atoms with Crippen molar-refractivity contribution >= 4 is 29.1 Å². The molecule has 0 saturated heterocycles. The van der Waals surface area contributed by atoms with Crippen LogP contribution in [0.2, 0.25) is 0 Å². The normalized spacial score (nSPS) is 12.2. The second kappa shape index (κ2) is 7.31. The summed E-state index contributed by atoms with van der Waals surface area (Å²) >= 11 is 5.07. The molecule has 5 nitrogen and oxygen atoms in total. The molecule has 22 heavy (non-hydrogen) atoms. The van der Waals surface area contributed by atoms with Gasteiger partial charge in [0.2, 0.25) is 5.91 Å². The first kappa shape index (κ1) is 18.0. The van der Waals surface area contributed by atoms with E-state index in [9.17, 15) is 14.0 Å². The molecule has 0 aliphatic carbocycles. The van der Waals surface area contributed by atoms with Gasteiger partial charge in [0.15, 0.2) is 5.11 Å². The largest absolute Gasteiger partial charge is 0.357 e. The first-order chi connectivity index (χ1) is 10.1. The number of hydrogen-bond donors (Lipinski definition) is 3. The fourth-order valence-corrected chi connectivity index (χ4v) is 1.97. The van der Waals surface area contributed by atoms with Crippen molar-refractivity contribution in [1.29, 1.82) is 0 Å². The number of halogens is 1. The van der Waals surface area contributed by atoms with Gasteiger partial charge < -0.3 is 10.6 Å². The van der Waals surface area contributed by atoms with Crippen LogP contribution >= 0.6 is 12.2 Å². The SMILES string of the molecule is CNC(=O)[C@@H](NC(=S)NC(=O)c1ccc(F)cc1)C(C)(C)C. The molecule has 1 atom stereocenters. The van der Waals surface area contributed by atoms with Crippen molar-refractivity contribution in [1.82, 2.24) is 16.0 Å². The number of hydrogen-bond acceptors (Lipinski definition) is 3. The van der Waals surface area contributed by atoms with Crippen molar-refractivity contribution in [3.8, 4) is 0 Å². The standard InChI is InChI=1S/C15H20FN3O2S/c1-15(2,3)11(13(21)17-4)18-14(22)19-12(20)9-5-7-10(16)8-6-9/h5-8,11H,1-4H3,(H,17,21)(H2,18,19,20,22)/t11-/m1/s1. The molecule has 0 heterocycles. The molecule has 0 fully saturated rings. The highest BCUT2D eigenvalue weighted by molar-refractivity contribution is 7.80. The van der Waals surface area contributed by atoms with E-state index in [0.29, 0.717) is 0 Å². The maximum absolute atomic E-state index is 12.8. The smallest absolute Gasteiger partial charge is 0.257 e. The van der Waals surface area contributed by atoms with Gasteiger partial charge in [0.25, 0.3) is 5.91 Å². The summed E-state index contributed by atoms with van der Waals surface area (Å²) in [6.07, 6.45) is 0. The van der Waals surface area contributed by atoms with E-state index >= 15 is 0 Å². The number of carbonyl (C=O) groups is 2. The second-order valence-corrected chi connectivity index (χ2v) is 6.26. The van der Waals surface area contributed by atoms with Crippen molar-refractivity contribution < 1.29 is 14.0 Å². The minimum Gasteiger partial charge on any atom is -0.357 e. The number of carbonyl (C=O) groups excluding carboxylic acids is 2. The Morgan fingerprint density at radius 2 is 1.73 bits per heavy atom. The maximum Gasteiger partial charge on any atom is 0.257 e. The van der Waals surface area contributed by atoms with E-state index in [2.05, 4.69) is 16.0 Å². The lowest BCUT2D eigenvalue weighted by Crippen LogP contribution is -2.55. The van der Waals surface area contributed by atoms with Crippen LogP contribution in [0.1, 0.15) is 31.1 Å². The topological polar surface area (TPSA) is 70.2 Å². The van der Waals surface area contributed by atoms with Gasteiger partial charge >= 0.3 is 0 Å². The lowest BCUT2D eigenvalue weighted by atomic mass is 9.86. The molecule has 0 aliphatic heterocycles. The predicted molar refractivity (Wildman–Crippen MR) is 86.9 cm³/mol. The fourth-order valence-electron chi connectivity index (χ4n) is 1.76. The third kappa shape index (κ3) is 5.07. The van der Waals surface area contributed by atoms with Crippen molar-refractivity contribution in [2.45, 2.75) is 26.8 Å². The van der Waals surface area contributed by atoms with Gasteiger partial charge in [-0.05, 0) is 41.9 Å². The van der Waals surface area contributed by atoms with Crippen LogP contribution in [0.15, 0.2) is 24.3 Å². The van der Waals surface area contributed by atoms with Gasteiger partial charge in [-0.1, -0.05) is 20.8 Å². The number of likely N-dealkylation sites (N-methyl/N-ethyl adjacent to an activating group) is 1. The first-order valence-corrected chi connectivity index (χ1v) is 7.15. The molecule has 3 N–H and O–H groups in total. The molecule has 0 unspecified atom stereocenters. The van der Waals surface area contributed by atoms with Crippen LogP contribution in [0.3, 0.4) is 0 Å². The summed E-state index contributed by atoms with van der Waals surface area (Å²) in [4.78, 5) is 23.9. The molecule has 0 saturated carbocycles. The Morgan fingerprint density at radius 1 is 1.18 bits per heavy atom. The Labute approximate surface area is 134 Å².